The molecule has 16 heteroatoms. The van der Waals surface area contributed by atoms with Crippen LogP contribution < -0.4 is 9.80 Å². The minimum atomic E-state index is -3.61. The Morgan fingerprint density at radius 2 is 1.04 bits per heavy atom. The molecule has 0 unspecified atom stereocenters. The molecule has 0 N–H and O–H groups in total. The van der Waals surface area contributed by atoms with E-state index in [1.165, 1.54) is 50.8 Å². The molecule has 0 amide bonds. The molecule has 298 valence electrons. The molecule has 0 aliphatic carbocycles. The van der Waals surface area contributed by atoms with Crippen LogP contribution in [0.1, 0.15) is 16.7 Å². The van der Waals surface area contributed by atoms with Crippen molar-refractivity contribution in [2.24, 2.45) is 0 Å². The molecule has 0 spiro atoms. The largest absolute Gasteiger partial charge is 0.345 e. The van der Waals surface area contributed by atoms with Crippen molar-refractivity contribution in [3.05, 3.63) is 129 Å². The van der Waals surface area contributed by atoms with Crippen molar-refractivity contribution in [2.45, 2.75) is 30.6 Å². The standard InChI is InChI=1S/C22H24FN3O2S2.C19H18BrN3O2S2/c1-15-12-16(2)21(17(3)13-15)20-14-29-22(24-20)25-8-10-26(11-9-25)30(27,28)19-6-4-18(23)5-7-19;20-16-6-8-17(9-7-16)27(24,25)23-12-10-22(11-13-23)19-21-18(14-26-19)15-4-2-1-3-5-15/h4-7,12-14H,8-11H2,1-3H3;1-9,14H,10-13H2. The van der Waals surface area contributed by atoms with Crippen LogP contribution in [-0.4, -0.2) is 87.8 Å². The molecule has 57 heavy (non-hydrogen) atoms. The average Bonchev–Trinajstić information content (AvgIpc) is 3.90. The molecule has 2 saturated heterocycles. The summed E-state index contributed by atoms with van der Waals surface area (Å²) < 4.78 is 68.2. The smallest absolute Gasteiger partial charge is 0.243 e. The van der Waals surface area contributed by atoms with Gasteiger partial charge in [0.2, 0.25) is 20.0 Å². The van der Waals surface area contributed by atoms with Crippen LogP contribution in [0.5, 0.6) is 0 Å². The van der Waals surface area contributed by atoms with Gasteiger partial charge < -0.3 is 9.80 Å². The molecule has 4 aromatic carbocycles. The summed E-state index contributed by atoms with van der Waals surface area (Å²) in [6.45, 7) is 10.4. The first kappa shape index (κ1) is 41.1. The molecule has 0 saturated carbocycles. The van der Waals surface area contributed by atoms with Crippen molar-refractivity contribution in [1.82, 2.24) is 18.6 Å². The molecular weight excluding hydrogens is 868 g/mol. The number of hydrogen-bond donors (Lipinski definition) is 0. The maximum atomic E-state index is 13.1. The number of benzene rings is 4. The van der Waals surface area contributed by atoms with Gasteiger partial charge in [-0.2, -0.15) is 8.61 Å². The molecule has 0 bridgehead atoms. The number of aromatic nitrogens is 2. The quantitative estimate of drug-likeness (QED) is 0.150. The van der Waals surface area contributed by atoms with E-state index in [1.807, 2.05) is 30.3 Å². The lowest BCUT2D eigenvalue weighted by atomic mass is 9.98. The van der Waals surface area contributed by atoms with Crippen molar-refractivity contribution in [2.75, 3.05) is 62.2 Å². The Hall–Kier alpha value is -4.03. The lowest BCUT2D eigenvalue weighted by Crippen LogP contribution is -2.48. The van der Waals surface area contributed by atoms with Crippen LogP contribution in [-0.2, 0) is 20.0 Å². The Bertz CT molecular complexity index is 2510. The molecule has 10 nitrogen and oxygen atoms in total. The van der Waals surface area contributed by atoms with Gasteiger partial charge in [0, 0.05) is 78.7 Å². The number of thiazole rings is 2. The number of halogens is 2. The second kappa shape index (κ2) is 17.4. The summed E-state index contributed by atoms with van der Waals surface area (Å²) in [5.41, 5.74) is 7.84. The summed E-state index contributed by atoms with van der Waals surface area (Å²) in [6.07, 6.45) is 0. The summed E-state index contributed by atoms with van der Waals surface area (Å²) in [4.78, 5) is 14.3. The minimum Gasteiger partial charge on any atom is -0.345 e. The first-order chi connectivity index (χ1) is 27.3. The van der Waals surface area contributed by atoms with Crippen molar-refractivity contribution in [3.63, 3.8) is 0 Å². The van der Waals surface area contributed by atoms with Gasteiger partial charge in [0.25, 0.3) is 0 Å². The topological polar surface area (TPSA) is 107 Å². The summed E-state index contributed by atoms with van der Waals surface area (Å²) in [5, 5.41) is 5.97. The maximum Gasteiger partial charge on any atom is 0.243 e. The third-order valence-corrected chi connectivity index (χ3v) is 16.1. The molecule has 8 rings (SSSR count). The Morgan fingerprint density at radius 3 is 1.53 bits per heavy atom. The Labute approximate surface area is 350 Å². The van der Waals surface area contributed by atoms with E-state index in [9.17, 15) is 21.2 Å². The molecule has 2 aliphatic rings. The predicted octanol–water partition coefficient (Wildman–Crippen LogP) is 8.47. The van der Waals surface area contributed by atoms with Gasteiger partial charge in [0.15, 0.2) is 10.3 Å². The van der Waals surface area contributed by atoms with Gasteiger partial charge >= 0.3 is 0 Å². The van der Waals surface area contributed by atoms with Crippen LogP contribution in [0, 0.1) is 26.6 Å². The minimum absolute atomic E-state index is 0.124. The monoisotopic (exact) mass is 908 g/mol. The van der Waals surface area contributed by atoms with Crippen molar-refractivity contribution >= 4 is 68.9 Å². The van der Waals surface area contributed by atoms with Gasteiger partial charge in [0.1, 0.15) is 5.82 Å². The third-order valence-electron chi connectivity index (χ3n) is 9.91. The van der Waals surface area contributed by atoms with Crippen molar-refractivity contribution in [3.8, 4) is 22.5 Å². The van der Waals surface area contributed by atoms with Crippen LogP contribution in [0.4, 0.5) is 14.7 Å². The highest BCUT2D eigenvalue weighted by Crippen LogP contribution is 2.34. The van der Waals surface area contributed by atoms with Gasteiger partial charge in [-0.15, -0.1) is 22.7 Å². The fourth-order valence-electron chi connectivity index (χ4n) is 7.01. The second-order valence-corrected chi connectivity index (χ2v) is 20.3. The van der Waals surface area contributed by atoms with Crippen LogP contribution in [0.25, 0.3) is 22.5 Å². The van der Waals surface area contributed by atoms with Crippen LogP contribution in [0.3, 0.4) is 0 Å². The molecule has 0 radical (unpaired) electrons. The SMILES string of the molecule is Cc1cc(C)c(-c2csc(N3CCN(S(=O)(=O)c4ccc(F)cc4)CC3)n2)c(C)c1.O=S(=O)(c1ccc(Br)cc1)N1CCN(c2nc(-c3ccccc3)cs2)CC1. The third kappa shape index (κ3) is 9.32. The van der Waals surface area contributed by atoms with E-state index < -0.39 is 25.9 Å². The highest BCUT2D eigenvalue weighted by molar-refractivity contribution is 9.10. The highest BCUT2D eigenvalue weighted by Gasteiger charge is 2.31. The van der Waals surface area contributed by atoms with Gasteiger partial charge in [-0.3, -0.25) is 0 Å². The molecule has 6 aromatic rings. The first-order valence-corrected chi connectivity index (χ1v) is 23.8. The van der Waals surface area contributed by atoms with Crippen LogP contribution in [0.2, 0.25) is 0 Å². The Balaban J connectivity index is 0.000000175. The zero-order valence-corrected chi connectivity index (χ0v) is 36.5. The number of piperazine rings is 2. The summed E-state index contributed by atoms with van der Waals surface area (Å²) >= 11 is 6.52. The van der Waals surface area contributed by atoms with Gasteiger partial charge in [-0.1, -0.05) is 64.0 Å². The lowest BCUT2D eigenvalue weighted by molar-refractivity contribution is 0.384. The van der Waals surface area contributed by atoms with Crippen LogP contribution >= 0.6 is 38.6 Å². The normalized spacial score (nSPS) is 15.7. The van der Waals surface area contributed by atoms with E-state index in [2.05, 4.69) is 69.4 Å². The number of hydrogen-bond acceptors (Lipinski definition) is 10. The number of sulfonamides is 2. The van der Waals surface area contributed by atoms with E-state index in [4.69, 9.17) is 9.97 Å². The van der Waals surface area contributed by atoms with Gasteiger partial charge in [0.05, 0.1) is 21.2 Å². The van der Waals surface area contributed by atoms with Gasteiger partial charge in [-0.05, 0) is 80.4 Å². The van der Waals surface area contributed by atoms with Crippen molar-refractivity contribution in [1.29, 1.82) is 0 Å². The lowest BCUT2D eigenvalue weighted by Gasteiger charge is -2.33. The summed E-state index contributed by atoms with van der Waals surface area (Å²) in [5.74, 6) is -0.447. The molecule has 4 heterocycles. The molecular formula is C41H42BrFN6O4S4. The van der Waals surface area contributed by atoms with E-state index in [0.29, 0.717) is 57.3 Å². The molecule has 2 aliphatic heterocycles. The van der Waals surface area contributed by atoms with E-state index in [-0.39, 0.29) is 4.90 Å². The summed E-state index contributed by atoms with van der Waals surface area (Å²) in [6, 6.07) is 26.2. The number of nitrogens with zero attached hydrogens (tertiary/aromatic N) is 6. The number of aryl methyl sites for hydroxylation is 3. The van der Waals surface area contributed by atoms with E-state index in [1.54, 1.807) is 51.2 Å². The van der Waals surface area contributed by atoms with E-state index >= 15 is 0 Å². The number of anilines is 2. The van der Waals surface area contributed by atoms with Crippen LogP contribution in [0.15, 0.2) is 116 Å². The summed E-state index contributed by atoms with van der Waals surface area (Å²) in [7, 11) is -7.07. The van der Waals surface area contributed by atoms with Crippen molar-refractivity contribution < 1.29 is 21.2 Å². The second-order valence-electron chi connectivity index (χ2n) is 13.9. The fraction of sp³-hybridized carbons (Fsp3) is 0.268. The molecule has 0 atom stereocenters. The molecule has 2 fully saturated rings. The molecule has 2 aromatic heterocycles. The number of rotatable bonds is 8. The Kier molecular flexibility index (Phi) is 12.6. The predicted molar refractivity (Wildman–Crippen MR) is 232 cm³/mol. The Morgan fingerprint density at radius 1 is 0.596 bits per heavy atom. The van der Waals surface area contributed by atoms with Gasteiger partial charge in [-0.25, -0.2) is 31.2 Å². The zero-order valence-electron chi connectivity index (χ0n) is 31.7. The van der Waals surface area contributed by atoms with E-state index in [0.717, 1.165) is 31.7 Å². The average molecular weight is 910 g/mol. The zero-order chi connectivity index (χ0) is 40.3. The maximum absolute atomic E-state index is 13.1. The first-order valence-electron chi connectivity index (χ1n) is 18.4. The fourth-order valence-corrected chi connectivity index (χ4v) is 11.9. The highest BCUT2D eigenvalue weighted by atomic mass is 79.9.